The molecule has 0 aromatic heterocycles. The fourth-order valence-corrected chi connectivity index (χ4v) is 1.50. The van der Waals surface area contributed by atoms with E-state index in [9.17, 15) is 27.2 Å². The lowest BCUT2D eigenvalue weighted by Gasteiger charge is -2.09. The van der Waals surface area contributed by atoms with Crippen molar-refractivity contribution in [3.8, 4) is 0 Å². The van der Waals surface area contributed by atoms with Gasteiger partial charge in [-0.15, -0.1) is 0 Å². The number of Topliss-reactive ketones (excluding diaryl/α,β-unsaturated/α-hetero) is 1. The number of carbonyl (C=O) groups is 2. The highest BCUT2D eigenvalue weighted by atomic mass is 19.4. The summed E-state index contributed by atoms with van der Waals surface area (Å²) in [5.41, 5.74) is -1.79. The van der Waals surface area contributed by atoms with Gasteiger partial charge in [0.05, 0.1) is 24.2 Å². The largest absolute Gasteiger partial charge is 0.466 e. The average molecular weight is 292 g/mol. The summed E-state index contributed by atoms with van der Waals surface area (Å²) in [5.74, 6) is -2.58. The van der Waals surface area contributed by atoms with Gasteiger partial charge in [0.1, 0.15) is 5.82 Å². The van der Waals surface area contributed by atoms with Gasteiger partial charge in [-0.1, -0.05) is 0 Å². The standard InChI is InChI=1S/C13H12F4O3/c1-2-20-12(19)6-5-11(18)9-7-8(13(15,16)17)3-4-10(9)14/h3-4,7H,2,5-6H2,1H3. The Balaban J connectivity index is 2.85. The zero-order chi connectivity index (χ0) is 15.3. The van der Waals surface area contributed by atoms with Gasteiger partial charge in [-0.05, 0) is 25.1 Å². The molecule has 110 valence electrons. The minimum Gasteiger partial charge on any atom is -0.466 e. The predicted molar refractivity (Wildman–Crippen MR) is 61.6 cm³/mol. The first kappa shape index (κ1) is 16.1. The van der Waals surface area contributed by atoms with E-state index in [1.54, 1.807) is 6.92 Å². The van der Waals surface area contributed by atoms with Crippen LogP contribution >= 0.6 is 0 Å². The molecule has 0 atom stereocenters. The first-order chi connectivity index (χ1) is 9.25. The van der Waals surface area contributed by atoms with Crippen LogP contribution in [0.2, 0.25) is 0 Å². The normalized spacial score (nSPS) is 11.2. The lowest BCUT2D eigenvalue weighted by Crippen LogP contribution is -2.11. The van der Waals surface area contributed by atoms with Crippen molar-refractivity contribution >= 4 is 11.8 Å². The molecule has 0 unspecified atom stereocenters. The Bertz CT molecular complexity index is 509. The molecule has 0 bridgehead atoms. The molecule has 1 rings (SSSR count). The molecule has 0 N–H and O–H groups in total. The lowest BCUT2D eigenvalue weighted by atomic mass is 10.0. The number of hydrogen-bond acceptors (Lipinski definition) is 3. The van der Waals surface area contributed by atoms with Crippen molar-refractivity contribution in [2.24, 2.45) is 0 Å². The molecule has 3 nitrogen and oxygen atoms in total. The van der Waals surface area contributed by atoms with Crippen molar-refractivity contribution in [2.75, 3.05) is 6.61 Å². The number of benzene rings is 1. The van der Waals surface area contributed by atoms with E-state index >= 15 is 0 Å². The zero-order valence-electron chi connectivity index (χ0n) is 10.6. The molecule has 1 aromatic carbocycles. The summed E-state index contributed by atoms with van der Waals surface area (Å²) in [7, 11) is 0. The fourth-order valence-electron chi connectivity index (χ4n) is 1.50. The van der Waals surface area contributed by atoms with Crippen molar-refractivity contribution in [3.05, 3.63) is 35.1 Å². The molecule has 0 aliphatic carbocycles. The van der Waals surface area contributed by atoms with E-state index < -0.39 is 41.3 Å². The molecule has 0 aliphatic heterocycles. The second-order valence-electron chi connectivity index (χ2n) is 3.92. The number of alkyl halides is 3. The third-order valence-electron chi connectivity index (χ3n) is 2.46. The topological polar surface area (TPSA) is 43.4 Å². The third kappa shape index (κ3) is 4.32. The van der Waals surface area contributed by atoms with E-state index in [0.29, 0.717) is 18.2 Å². The van der Waals surface area contributed by atoms with E-state index in [2.05, 4.69) is 4.74 Å². The second kappa shape index (κ2) is 6.49. The second-order valence-corrected chi connectivity index (χ2v) is 3.92. The number of halogens is 4. The van der Waals surface area contributed by atoms with Gasteiger partial charge in [-0.2, -0.15) is 13.2 Å². The highest BCUT2D eigenvalue weighted by Crippen LogP contribution is 2.30. The van der Waals surface area contributed by atoms with Crippen LogP contribution in [-0.4, -0.2) is 18.4 Å². The van der Waals surface area contributed by atoms with E-state index in [4.69, 9.17) is 0 Å². The van der Waals surface area contributed by atoms with Gasteiger partial charge in [0, 0.05) is 6.42 Å². The smallest absolute Gasteiger partial charge is 0.416 e. The summed E-state index contributed by atoms with van der Waals surface area (Å²) >= 11 is 0. The lowest BCUT2D eigenvalue weighted by molar-refractivity contribution is -0.143. The Hall–Kier alpha value is -1.92. The van der Waals surface area contributed by atoms with Crippen molar-refractivity contribution < 1.29 is 31.9 Å². The number of rotatable bonds is 5. The maximum atomic E-state index is 13.4. The molecule has 0 aliphatic rings. The van der Waals surface area contributed by atoms with Crippen LogP contribution in [-0.2, 0) is 15.7 Å². The Morgan fingerprint density at radius 3 is 2.40 bits per heavy atom. The Morgan fingerprint density at radius 2 is 1.85 bits per heavy atom. The van der Waals surface area contributed by atoms with Crippen LogP contribution in [0.15, 0.2) is 18.2 Å². The van der Waals surface area contributed by atoms with Gasteiger partial charge < -0.3 is 4.74 Å². The van der Waals surface area contributed by atoms with Crippen LogP contribution in [0, 0.1) is 5.82 Å². The first-order valence-electron chi connectivity index (χ1n) is 5.81. The van der Waals surface area contributed by atoms with Crippen LogP contribution in [0.3, 0.4) is 0 Å². The summed E-state index contributed by atoms with van der Waals surface area (Å²) in [6, 6.07) is 1.58. The predicted octanol–water partition coefficient (Wildman–Crippen LogP) is 3.37. The van der Waals surface area contributed by atoms with Crippen molar-refractivity contribution in [2.45, 2.75) is 25.9 Å². The quantitative estimate of drug-likeness (QED) is 0.475. The molecule has 0 saturated heterocycles. The summed E-state index contributed by atoms with van der Waals surface area (Å²) in [4.78, 5) is 22.7. The SMILES string of the molecule is CCOC(=O)CCC(=O)c1cc(C(F)(F)F)ccc1F. The number of ether oxygens (including phenoxy) is 1. The Morgan fingerprint density at radius 1 is 1.20 bits per heavy atom. The van der Waals surface area contributed by atoms with Crippen LogP contribution in [0.1, 0.15) is 35.7 Å². The molecule has 7 heteroatoms. The minimum atomic E-state index is -4.66. The van der Waals surface area contributed by atoms with E-state index in [-0.39, 0.29) is 13.0 Å². The number of esters is 1. The van der Waals surface area contributed by atoms with Gasteiger partial charge in [0.2, 0.25) is 0 Å². The highest BCUT2D eigenvalue weighted by molar-refractivity contribution is 5.98. The van der Waals surface area contributed by atoms with E-state index in [1.807, 2.05) is 0 Å². The molecule has 0 amide bonds. The fraction of sp³-hybridized carbons (Fsp3) is 0.385. The van der Waals surface area contributed by atoms with Gasteiger partial charge >= 0.3 is 12.1 Å². The molecule has 1 aromatic rings. The molecule has 0 heterocycles. The Labute approximate surface area is 112 Å². The number of hydrogen-bond donors (Lipinski definition) is 0. The molecular weight excluding hydrogens is 280 g/mol. The first-order valence-corrected chi connectivity index (χ1v) is 5.81. The van der Waals surface area contributed by atoms with Gasteiger partial charge in [0.25, 0.3) is 0 Å². The van der Waals surface area contributed by atoms with Crippen LogP contribution in [0.5, 0.6) is 0 Å². The molecular formula is C13H12F4O3. The van der Waals surface area contributed by atoms with Crippen molar-refractivity contribution in [3.63, 3.8) is 0 Å². The van der Waals surface area contributed by atoms with Gasteiger partial charge in [-0.3, -0.25) is 9.59 Å². The Kier molecular flexibility index (Phi) is 5.24. The minimum absolute atomic E-state index is 0.130. The van der Waals surface area contributed by atoms with Gasteiger partial charge in [0.15, 0.2) is 5.78 Å². The average Bonchev–Trinajstić information content (AvgIpc) is 2.35. The molecule has 20 heavy (non-hydrogen) atoms. The van der Waals surface area contributed by atoms with Crippen LogP contribution in [0.25, 0.3) is 0 Å². The monoisotopic (exact) mass is 292 g/mol. The van der Waals surface area contributed by atoms with Crippen molar-refractivity contribution in [1.82, 2.24) is 0 Å². The van der Waals surface area contributed by atoms with Crippen LogP contribution in [0.4, 0.5) is 17.6 Å². The summed E-state index contributed by atoms with van der Waals surface area (Å²) < 4.78 is 55.4. The number of carbonyl (C=O) groups excluding carboxylic acids is 2. The third-order valence-corrected chi connectivity index (χ3v) is 2.46. The summed E-state index contributed by atoms with van der Waals surface area (Å²) in [6.45, 7) is 1.71. The van der Waals surface area contributed by atoms with Crippen LogP contribution < -0.4 is 0 Å². The molecule has 0 radical (unpaired) electrons. The summed E-state index contributed by atoms with van der Waals surface area (Å²) in [5, 5.41) is 0. The summed E-state index contributed by atoms with van der Waals surface area (Å²) in [6.07, 6.45) is -5.37. The molecule has 0 fully saturated rings. The van der Waals surface area contributed by atoms with Gasteiger partial charge in [-0.25, -0.2) is 4.39 Å². The molecule has 0 saturated carbocycles. The van der Waals surface area contributed by atoms with Crippen molar-refractivity contribution in [1.29, 1.82) is 0 Å². The number of ketones is 1. The molecule has 0 spiro atoms. The maximum absolute atomic E-state index is 13.4. The highest BCUT2D eigenvalue weighted by Gasteiger charge is 2.31. The van der Waals surface area contributed by atoms with E-state index in [1.165, 1.54) is 0 Å². The maximum Gasteiger partial charge on any atom is 0.416 e. The van der Waals surface area contributed by atoms with E-state index in [0.717, 1.165) is 0 Å². The zero-order valence-corrected chi connectivity index (χ0v) is 10.6.